The maximum absolute atomic E-state index is 13.1. The number of rotatable bonds is 3. The van der Waals surface area contributed by atoms with Gasteiger partial charge in [0.2, 0.25) is 5.91 Å². The minimum Gasteiger partial charge on any atom is -0.304 e. The molecule has 1 saturated carbocycles. The Hall–Kier alpha value is -1.69. The standard InChI is InChI=1S/C16H18FNO3S/c17-13-5-7-14(8-6-13)18(15-9-10-22(20,21)11-15)16(19)12-3-1-2-4-12/h5-10,12,15H,1-4,11H2/t15-/m1/s1. The van der Waals surface area contributed by atoms with Crippen molar-refractivity contribution in [1.82, 2.24) is 0 Å². The summed E-state index contributed by atoms with van der Waals surface area (Å²) in [7, 11) is -3.26. The maximum Gasteiger partial charge on any atom is 0.230 e. The van der Waals surface area contributed by atoms with Gasteiger partial charge in [0.15, 0.2) is 9.84 Å². The van der Waals surface area contributed by atoms with E-state index in [1.165, 1.54) is 29.2 Å². The van der Waals surface area contributed by atoms with Gasteiger partial charge in [-0.1, -0.05) is 12.8 Å². The van der Waals surface area contributed by atoms with Crippen molar-refractivity contribution in [3.63, 3.8) is 0 Å². The van der Waals surface area contributed by atoms with E-state index in [-0.39, 0.29) is 23.4 Å². The van der Waals surface area contributed by atoms with Crippen LogP contribution in [0.1, 0.15) is 25.7 Å². The molecule has 2 aliphatic rings. The molecule has 0 radical (unpaired) electrons. The highest BCUT2D eigenvalue weighted by molar-refractivity contribution is 7.94. The molecule has 0 N–H and O–H groups in total. The van der Waals surface area contributed by atoms with Crippen LogP contribution in [0.4, 0.5) is 10.1 Å². The molecule has 1 atom stereocenters. The molecule has 1 aliphatic heterocycles. The van der Waals surface area contributed by atoms with Gasteiger partial charge >= 0.3 is 0 Å². The van der Waals surface area contributed by atoms with E-state index in [1.807, 2.05) is 0 Å². The number of carbonyl (C=O) groups is 1. The Bertz CT molecular complexity index is 691. The molecule has 3 rings (SSSR count). The Labute approximate surface area is 129 Å². The fraction of sp³-hybridized carbons (Fsp3) is 0.438. The Morgan fingerprint density at radius 2 is 1.77 bits per heavy atom. The van der Waals surface area contributed by atoms with Crippen LogP contribution in [-0.4, -0.2) is 26.1 Å². The Morgan fingerprint density at radius 3 is 2.32 bits per heavy atom. The van der Waals surface area contributed by atoms with E-state index in [0.29, 0.717) is 5.69 Å². The summed E-state index contributed by atoms with van der Waals surface area (Å²) >= 11 is 0. The molecule has 22 heavy (non-hydrogen) atoms. The monoisotopic (exact) mass is 323 g/mol. The van der Waals surface area contributed by atoms with Crippen LogP contribution in [0.2, 0.25) is 0 Å². The van der Waals surface area contributed by atoms with Gasteiger partial charge in [-0.3, -0.25) is 4.79 Å². The topological polar surface area (TPSA) is 54.5 Å². The van der Waals surface area contributed by atoms with E-state index < -0.39 is 15.9 Å². The summed E-state index contributed by atoms with van der Waals surface area (Å²) in [6, 6.07) is 5.13. The predicted molar refractivity (Wildman–Crippen MR) is 82.6 cm³/mol. The summed E-state index contributed by atoms with van der Waals surface area (Å²) in [5, 5.41) is 1.16. The number of benzene rings is 1. The zero-order valence-electron chi connectivity index (χ0n) is 12.1. The summed E-state index contributed by atoms with van der Waals surface area (Å²) in [6.07, 6.45) is 5.25. The molecule has 1 aliphatic carbocycles. The average Bonchev–Trinajstić information content (AvgIpc) is 3.11. The highest BCUT2D eigenvalue weighted by atomic mass is 32.2. The van der Waals surface area contributed by atoms with Gasteiger partial charge < -0.3 is 4.90 Å². The second kappa shape index (κ2) is 5.83. The van der Waals surface area contributed by atoms with Gasteiger partial charge in [0.1, 0.15) is 5.82 Å². The van der Waals surface area contributed by atoms with Gasteiger partial charge in [-0.25, -0.2) is 12.8 Å². The summed E-state index contributed by atoms with van der Waals surface area (Å²) in [6.45, 7) is 0. The Morgan fingerprint density at radius 1 is 1.14 bits per heavy atom. The van der Waals surface area contributed by atoms with E-state index in [0.717, 1.165) is 31.1 Å². The number of nitrogens with zero attached hydrogens (tertiary/aromatic N) is 1. The van der Waals surface area contributed by atoms with E-state index in [2.05, 4.69) is 0 Å². The molecule has 0 unspecified atom stereocenters. The molecule has 1 aromatic carbocycles. The Kier molecular flexibility index (Phi) is 4.04. The molecule has 1 aromatic rings. The molecule has 6 heteroatoms. The van der Waals surface area contributed by atoms with E-state index in [4.69, 9.17) is 0 Å². The SMILES string of the molecule is O=C(C1CCCC1)N(c1ccc(F)cc1)[C@@H]1C=CS(=O)(=O)C1. The van der Waals surface area contributed by atoms with Crippen LogP contribution in [0.5, 0.6) is 0 Å². The van der Waals surface area contributed by atoms with Crippen molar-refractivity contribution >= 4 is 21.4 Å². The Balaban J connectivity index is 1.93. The predicted octanol–water partition coefficient (Wildman–Crippen LogP) is 2.66. The summed E-state index contributed by atoms with van der Waals surface area (Å²) < 4.78 is 36.5. The zero-order valence-corrected chi connectivity index (χ0v) is 12.9. The van der Waals surface area contributed by atoms with Crippen LogP contribution < -0.4 is 4.90 Å². The number of hydrogen-bond donors (Lipinski definition) is 0. The lowest BCUT2D eigenvalue weighted by Crippen LogP contribution is -2.44. The molecule has 1 fully saturated rings. The van der Waals surface area contributed by atoms with Crippen molar-refractivity contribution in [3.05, 3.63) is 41.6 Å². The summed E-state index contributed by atoms with van der Waals surface area (Å²) in [4.78, 5) is 14.4. The van der Waals surface area contributed by atoms with Crippen molar-refractivity contribution in [3.8, 4) is 0 Å². The first-order valence-corrected chi connectivity index (χ1v) is 9.17. The highest BCUT2D eigenvalue weighted by Crippen LogP contribution is 2.31. The molecule has 1 heterocycles. The first-order valence-electron chi connectivity index (χ1n) is 7.46. The molecule has 0 saturated heterocycles. The third kappa shape index (κ3) is 3.06. The van der Waals surface area contributed by atoms with Crippen molar-refractivity contribution in [1.29, 1.82) is 0 Å². The van der Waals surface area contributed by atoms with Crippen LogP contribution >= 0.6 is 0 Å². The second-order valence-electron chi connectivity index (χ2n) is 5.89. The molecule has 0 bridgehead atoms. The number of sulfone groups is 1. The van der Waals surface area contributed by atoms with Crippen LogP contribution in [0.15, 0.2) is 35.7 Å². The van der Waals surface area contributed by atoms with E-state index >= 15 is 0 Å². The molecular weight excluding hydrogens is 305 g/mol. The lowest BCUT2D eigenvalue weighted by molar-refractivity contribution is -0.122. The van der Waals surface area contributed by atoms with Crippen molar-refractivity contribution in [2.24, 2.45) is 5.92 Å². The zero-order chi connectivity index (χ0) is 15.7. The van der Waals surface area contributed by atoms with Crippen LogP contribution in [0, 0.1) is 11.7 Å². The van der Waals surface area contributed by atoms with Crippen LogP contribution in [0.25, 0.3) is 0 Å². The highest BCUT2D eigenvalue weighted by Gasteiger charge is 2.35. The lowest BCUT2D eigenvalue weighted by Gasteiger charge is -2.30. The lowest BCUT2D eigenvalue weighted by atomic mass is 10.0. The van der Waals surface area contributed by atoms with Crippen molar-refractivity contribution < 1.29 is 17.6 Å². The number of halogens is 1. The third-order valence-corrected chi connectivity index (χ3v) is 5.67. The van der Waals surface area contributed by atoms with Gasteiger partial charge in [0.25, 0.3) is 0 Å². The summed E-state index contributed by atoms with van der Waals surface area (Å²) in [5.74, 6) is -0.618. The molecular formula is C16H18FNO3S. The van der Waals surface area contributed by atoms with Gasteiger partial charge in [-0.15, -0.1) is 0 Å². The average molecular weight is 323 g/mol. The van der Waals surface area contributed by atoms with Crippen molar-refractivity contribution in [2.45, 2.75) is 31.7 Å². The van der Waals surface area contributed by atoms with Gasteiger partial charge in [-0.2, -0.15) is 0 Å². The van der Waals surface area contributed by atoms with Crippen LogP contribution in [-0.2, 0) is 14.6 Å². The van der Waals surface area contributed by atoms with Crippen molar-refractivity contribution in [2.75, 3.05) is 10.7 Å². The molecule has 4 nitrogen and oxygen atoms in total. The minimum atomic E-state index is -3.26. The van der Waals surface area contributed by atoms with Crippen LogP contribution in [0.3, 0.4) is 0 Å². The number of amides is 1. The van der Waals surface area contributed by atoms with Gasteiger partial charge in [0.05, 0.1) is 11.8 Å². The third-order valence-electron chi connectivity index (χ3n) is 4.29. The normalized spacial score (nSPS) is 23.8. The minimum absolute atomic E-state index is 0.0594. The first-order chi connectivity index (χ1) is 10.5. The smallest absolute Gasteiger partial charge is 0.230 e. The molecule has 0 aromatic heterocycles. The fourth-order valence-electron chi connectivity index (χ4n) is 3.17. The molecule has 0 spiro atoms. The largest absolute Gasteiger partial charge is 0.304 e. The fourth-order valence-corrected chi connectivity index (χ4v) is 4.44. The molecule has 1 amide bonds. The second-order valence-corrected chi connectivity index (χ2v) is 7.82. The maximum atomic E-state index is 13.1. The van der Waals surface area contributed by atoms with Gasteiger partial charge in [0, 0.05) is 17.0 Å². The van der Waals surface area contributed by atoms with E-state index in [1.54, 1.807) is 6.08 Å². The molecule has 118 valence electrons. The van der Waals surface area contributed by atoms with E-state index in [9.17, 15) is 17.6 Å². The number of anilines is 1. The quantitative estimate of drug-likeness (QED) is 0.859. The van der Waals surface area contributed by atoms with Gasteiger partial charge in [-0.05, 0) is 43.2 Å². The number of hydrogen-bond acceptors (Lipinski definition) is 3. The summed E-state index contributed by atoms with van der Waals surface area (Å²) in [5.41, 5.74) is 0.546. The number of carbonyl (C=O) groups excluding carboxylic acids is 1. The first kappa shape index (κ1) is 15.2.